The fourth-order valence-electron chi connectivity index (χ4n) is 2.57. The molecule has 110 valence electrons. The molecule has 0 N–H and O–H groups in total. The topological polar surface area (TPSA) is 29.5 Å². The molecule has 0 radical (unpaired) electrons. The molecule has 0 aromatic heterocycles. The Bertz CT molecular complexity index is 461. The summed E-state index contributed by atoms with van der Waals surface area (Å²) >= 11 is 6.05. The minimum absolute atomic E-state index is 0.223. The minimum atomic E-state index is -0.328. The molecule has 1 aromatic rings. The molecule has 20 heavy (non-hydrogen) atoms. The summed E-state index contributed by atoms with van der Waals surface area (Å²) in [6.45, 7) is 3.26. The molecular formula is C15H19ClFNO2. The van der Waals surface area contributed by atoms with Crippen molar-refractivity contribution in [3.8, 4) is 0 Å². The van der Waals surface area contributed by atoms with Gasteiger partial charge in [0.2, 0.25) is 0 Å². The van der Waals surface area contributed by atoms with E-state index in [-0.39, 0.29) is 17.8 Å². The van der Waals surface area contributed by atoms with Crippen molar-refractivity contribution in [1.82, 2.24) is 4.90 Å². The number of esters is 1. The lowest BCUT2D eigenvalue weighted by Crippen LogP contribution is -2.45. The second kappa shape index (κ2) is 7.04. The lowest BCUT2D eigenvalue weighted by atomic mass is 10.0. The number of ether oxygens (including phenoxy) is 1. The van der Waals surface area contributed by atoms with Crippen molar-refractivity contribution < 1.29 is 13.9 Å². The fourth-order valence-corrected chi connectivity index (χ4v) is 2.79. The van der Waals surface area contributed by atoms with Crippen LogP contribution in [0, 0.1) is 5.82 Å². The number of rotatable bonds is 4. The minimum Gasteiger partial charge on any atom is -0.465 e. The first-order chi connectivity index (χ1) is 9.63. The molecule has 1 atom stereocenters. The van der Waals surface area contributed by atoms with E-state index in [0.717, 1.165) is 25.8 Å². The standard InChI is InChI=1S/C15H19ClFNO2/c1-2-20-15(19)14-8-3-4-9-18(14)10-11-12(16)6-5-7-13(11)17/h5-7,14H,2-4,8-10H2,1H3/t14-/m0/s1. The van der Waals surface area contributed by atoms with Crippen molar-refractivity contribution in [2.45, 2.75) is 38.8 Å². The number of carbonyl (C=O) groups excluding carboxylic acids is 1. The molecule has 2 rings (SSSR count). The van der Waals surface area contributed by atoms with E-state index < -0.39 is 0 Å². The Morgan fingerprint density at radius 2 is 2.30 bits per heavy atom. The molecule has 0 unspecified atom stereocenters. The van der Waals surface area contributed by atoms with E-state index in [1.165, 1.54) is 6.07 Å². The van der Waals surface area contributed by atoms with Crippen molar-refractivity contribution in [2.75, 3.05) is 13.2 Å². The van der Waals surface area contributed by atoms with Gasteiger partial charge in [0.05, 0.1) is 6.61 Å². The van der Waals surface area contributed by atoms with Crippen LogP contribution >= 0.6 is 11.6 Å². The van der Waals surface area contributed by atoms with E-state index in [4.69, 9.17) is 16.3 Å². The van der Waals surface area contributed by atoms with Crippen LogP contribution in [-0.4, -0.2) is 30.1 Å². The summed E-state index contributed by atoms with van der Waals surface area (Å²) in [7, 11) is 0. The number of benzene rings is 1. The molecule has 1 saturated heterocycles. The number of piperidine rings is 1. The van der Waals surface area contributed by atoms with Gasteiger partial charge in [-0.2, -0.15) is 0 Å². The molecule has 0 bridgehead atoms. The van der Waals surface area contributed by atoms with Gasteiger partial charge in [0.25, 0.3) is 0 Å². The highest BCUT2D eigenvalue weighted by Gasteiger charge is 2.30. The zero-order chi connectivity index (χ0) is 14.5. The number of nitrogens with zero attached hydrogens (tertiary/aromatic N) is 1. The van der Waals surface area contributed by atoms with Crippen LogP contribution in [-0.2, 0) is 16.1 Å². The molecule has 0 aliphatic carbocycles. The highest BCUT2D eigenvalue weighted by atomic mass is 35.5. The molecule has 0 spiro atoms. The maximum Gasteiger partial charge on any atom is 0.323 e. The molecule has 1 heterocycles. The van der Waals surface area contributed by atoms with E-state index in [9.17, 15) is 9.18 Å². The predicted molar refractivity (Wildman–Crippen MR) is 76.1 cm³/mol. The van der Waals surface area contributed by atoms with Crippen molar-refractivity contribution in [2.24, 2.45) is 0 Å². The van der Waals surface area contributed by atoms with Crippen molar-refractivity contribution in [3.05, 3.63) is 34.6 Å². The lowest BCUT2D eigenvalue weighted by molar-refractivity contribution is -0.151. The van der Waals surface area contributed by atoms with Gasteiger partial charge in [-0.25, -0.2) is 4.39 Å². The van der Waals surface area contributed by atoms with Crippen molar-refractivity contribution in [3.63, 3.8) is 0 Å². The average molecular weight is 300 g/mol. The second-order valence-electron chi connectivity index (χ2n) is 4.93. The first-order valence-corrected chi connectivity index (χ1v) is 7.35. The number of hydrogen-bond donors (Lipinski definition) is 0. The van der Waals surface area contributed by atoms with E-state index in [2.05, 4.69) is 0 Å². The summed E-state index contributed by atoms with van der Waals surface area (Å²) in [5.74, 6) is -0.551. The summed E-state index contributed by atoms with van der Waals surface area (Å²) in [4.78, 5) is 13.9. The highest BCUT2D eigenvalue weighted by Crippen LogP contribution is 2.25. The van der Waals surface area contributed by atoms with Gasteiger partial charge in [0.15, 0.2) is 0 Å². The van der Waals surface area contributed by atoms with Crippen LogP contribution in [0.2, 0.25) is 5.02 Å². The van der Waals surface area contributed by atoms with E-state index in [1.54, 1.807) is 19.1 Å². The van der Waals surface area contributed by atoms with Crippen LogP contribution in [0.1, 0.15) is 31.7 Å². The Labute approximate surface area is 123 Å². The van der Waals surface area contributed by atoms with E-state index >= 15 is 0 Å². The highest BCUT2D eigenvalue weighted by molar-refractivity contribution is 6.31. The van der Waals surface area contributed by atoms with Gasteiger partial charge in [-0.3, -0.25) is 9.69 Å². The molecule has 0 saturated carbocycles. The fraction of sp³-hybridized carbons (Fsp3) is 0.533. The third kappa shape index (κ3) is 3.49. The van der Waals surface area contributed by atoms with Gasteiger partial charge in [-0.1, -0.05) is 24.1 Å². The van der Waals surface area contributed by atoms with Crippen molar-refractivity contribution >= 4 is 17.6 Å². The lowest BCUT2D eigenvalue weighted by Gasteiger charge is -2.34. The molecule has 3 nitrogen and oxygen atoms in total. The van der Waals surface area contributed by atoms with Crippen LogP contribution in [0.3, 0.4) is 0 Å². The normalized spacial score (nSPS) is 19.9. The largest absolute Gasteiger partial charge is 0.465 e. The van der Waals surface area contributed by atoms with Gasteiger partial charge in [-0.05, 0) is 38.4 Å². The molecule has 1 aliphatic rings. The molecular weight excluding hydrogens is 281 g/mol. The third-order valence-corrected chi connectivity index (χ3v) is 3.95. The number of hydrogen-bond acceptors (Lipinski definition) is 3. The summed E-state index contributed by atoms with van der Waals surface area (Å²) in [6.07, 6.45) is 2.75. The maximum atomic E-state index is 13.9. The Balaban J connectivity index is 2.14. The van der Waals surface area contributed by atoms with Crippen LogP contribution in [0.25, 0.3) is 0 Å². The van der Waals surface area contributed by atoms with E-state index in [0.29, 0.717) is 23.7 Å². The van der Waals surface area contributed by atoms with Gasteiger partial charge >= 0.3 is 5.97 Å². The summed E-state index contributed by atoms with van der Waals surface area (Å²) in [6, 6.07) is 4.35. The third-order valence-electron chi connectivity index (χ3n) is 3.60. The molecule has 1 aromatic carbocycles. The zero-order valence-corrected chi connectivity index (χ0v) is 12.3. The summed E-state index contributed by atoms with van der Waals surface area (Å²) < 4.78 is 19.0. The van der Waals surface area contributed by atoms with Crippen LogP contribution in [0.15, 0.2) is 18.2 Å². The SMILES string of the molecule is CCOC(=O)[C@@H]1CCCCN1Cc1c(F)cccc1Cl. The number of likely N-dealkylation sites (tertiary alicyclic amines) is 1. The Morgan fingerprint density at radius 1 is 1.50 bits per heavy atom. The Morgan fingerprint density at radius 3 is 3.00 bits per heavy atom. The summed E-state index contributed by atoms with van der Waals surface area (Å²) in [5, 5.41) is 0.401. The van der Waals surface area contributed by atoms with Crippen LogP contribution < -0.4 is 0 Å². The van der Waals surface area contributed by atoms with Crippen molar-refractivity contribution in [1.29, 1.82) is 0 Å². The first kappa shape index (κ1) is 15.3. The Hall–Kier alpha value is -1.13. The average Bonchev–Trinajstić information content (AvgIpc) is 2.44. The molecule has 1 fully saturated rings. The molecule has 0 amide bonds. The van der Waals surface area contributed by atoms with Gasteiger partial charge in [-0.15, -0.1) is 0 Å². The Kier molecular flexibility index (Phi) is 5.38. The predicted octanol–water partition coefficient (Wildman–Crippen LogP) is 3.40. The van der Waals surface area contributed by atoms with Crippen LogP contribution in [0.5, 0.6) is 0 Å². The molecule has 1 aliphatic heterocycles. The van der Waals surface area contributed by atoms with E-state index in [1.807, 2.05) is 4.90 Å². The number of carbonyl (C=O) groups is 1. The second-order valence-corrected chi connectivity index (χ2v) is 5.34. The van der Waals surface area contributed by atoms with Crippen LogP contribution in [0.4, 0.5) is 4.39 Å². The monoisotopic (exact) mass is 299 g/mol. The van der Waals surface area contributed by atoms with Gasteiger partial charge < -0.3 is 4.74 Å². The zero-order valence-electron chi connectivity index (χ0n) is 11.6. The molecule has 5 heteroatoms. The van der Waals surface area contributed by atoms with Gasteiger partial charge in [0, 0.05) is 17.1 Å². The first-order valence-electron chi connectivity index (χ1n) is 6.97. The number of halogens is 2. The summed E-state index contributed by atoms with van der Waals surface area (Å²) in [5.41, 5.74) is 0.449. The van der Waals surface area contributed by atoms with Gasteiger partial charge in [0.1, 0.15) is 11.9 Å². The maximum absolute atomic E-state index is 13.9. The smallest absolute Gasteiger partial charge is 0.323 e. The quantitative estimate of drug-likeness (QED) is 0.798.